The predicted molar refractivity (Wildman–Crippen MR) is 67.1 cm³/mol. The van der Waals surface area contributed by atoms with Gasteiger partial charge in [0.1, 0.15) is 0 Å². The molecule has 4 heteroatoms. The molecule has 4 nitrogen and oxygen atoms in total. The second-order valence-electron chi connectivity index (χ2n) is 2.80. The third-order valence-electron chi connectivity index (χ3n) is 1.54. The summed E-state index contributed by atoms with van der Waals surface area (Å²) in [5, 5.41) is 0. The molecule has 17 heavy (non-hydrogen) atoms. The summed E-state index contributed by atoms with van der Waals surface area (Å²) in [4.78, 5) is 14.9. The van der Waals surface area contributed by atoms with Crippen molar-refractivity contribution in [1.29, 1.82) is 0 Å². The van der Waals surface area contributed by atoms with Gasteiger partial charge in [0, 0.05) is 49.6 Å². The molecule has 0 fully saturated rings. The Bertz CT molecular complexity index is 284. The van der Waals surface area contributed by atoms with Crippen molar-refractivity contribution in [2.45, 2.75) is 0 Å². The molecule has 86 valence electrons. The molecule has 0 aliphatic heterocycles. The summed E-state index contributed by atoms with van der Waals surface area (Å²) >= 11 is 0. The second-order valence-corrected chi connectivity index (χ2v) is 2.80. The van der Waals surface area contributed by atoms with Crippen molar-refractivity contribution in [2.75, 3.05) is 0 Å². The Morgan fingerprint density at radius 1 is 0.471 bits per heavy atom. The van der Waals surface area contributed by atoms with Gasteiger partial charge < -0.3 is 4.98 Å². The van der Waals surface area contributed by atoms with E-state index in [1.165, 1.54) is 0 Å². The zero-order valence-corrected chi connectivity index (χ0v) is 9.35. The van der Waals surface area contributed by atoms with Crippen molar-refractivity contribution in [1.82, 2.24) is 19.9 Å². The fourth-order valence-corrected chi connectivity index (χ4v) is 0.844. The van der Waals surface area contributed by atoms with E-state index in [1.54, 1.807) is 55.6 Å². The van der Waals surface area contributed by atoms with E-state index in [1.807, 2.05) is 24.3 Å². The molecule has 0 amide bonds. The monoisotopic (exact) mass is 226 g/mol. The van der Waals surface area contributed by atoms with Gasteiger partial charge in [-0.1, -0.05) is 12.1 Å². The third kappa shape index (κ3) is 8.50. The van der Waals surface area contributed by atoms with Gasteiger partial charge in [-0.3, -0.25) is 15.0 Å². The molecule has 0 unspecified atom stereocenters. The minimum atomic E-state index is 1.60. The van der Waals surface area contributed by atoms with Crippen molar-refractivity contribution in [3.8, 4) is 0 Å². The van der Waals surface area contributed by atoms with Gasteiger partial charge in [-0.25, -0.2) is 0 Å². The highest BCUT2D eigenvalue weighted by atomic mass is 14.7. The summed E-state index contributed by atoms with van der Waals surface area (Å²) in [5.41, 5.74) is 0. The van der Waals surface area contributed by atoms with Gasteiger partial charge in [0.2, 0.25) is 0 Å². The first kappa shape index (κ1) is 12.6. The summed E-state index contributed by atoms with van der Waals surface area (Å²) in [6.45, 7) is 0. The van der Waals surface area contributed by atoms with Crippen LogP contribution in [0, 0.1) is 0 Å². The SMILES string of the molecule is c1ccc[nH]ccnccncccncc1. The molecule has 0 saturated heterocycles. The zero-order chi connectivity index (χ0) is 12.0. The molecule has 1 rings (SSSR count). The molecule has 0 saturated carbocycles. The van der Waals surface area contributed by atoms with Crippen LogP contribution in [0.1, 0.15) is 0 Å². The van der Waals surface area contributed by atoms with Crippen LogP contribution in [-0.4, -0.2) is 19.9 Å². The maximum Gasteiger partial charge on any atom is 0.0451 e. The lowest BCUT2D eigenvalue weighted by Gasteiger charge is -1.69. The molecule has 0 atom stereocenters. The van der Waals surface area contributed by atoms with Crippen LogP contribution in [0.2, 0.25) is 0 Å². The Kier molecular flexibility index (Phi) is 7.43. The lowest BCUT2D eigenvalue weighted by Crippen LogP contribution is -1.62. The van der Waals surface area contributed by atoms with Crippen LogP contribution in [0.15, 0.2) is 79.9 Å². The van der Waals surface area contributed by atoms with Gasteiger partial charge in [0.15, 0.2) is 0 Å². The zero-order valence-electron chi connectivity index (χ0n) is 9.35. The fraction of sp³-hybridized carbons (Fsp3) is 0. The minimum Gasteiger partial charge on any atom is -0.366 e. The number of aromatic amines is 1. The largest absolute Gasteiger partial charge is 0.366 e. The van der Waals surface area contributed by atoms with E-state index in [-0.39, 0.29) is 0 Å². The van der Waals surface area contributed by atoms with E-state index < -0.39 is 0 Å². The van der Waals surface area contributed by atoms with Gasteiger partial charge in [0.05, 0.1) is 0 Å². The molecule has 0 aliphatic carbocycles. The molecular weight excluding hydrogens is 212 g/mol. The van der Waals surface area contributed by atoms with Crippen LogP contribution in [0.4, 0.5) is 0 Å². The van der Waals surface area contributed by atoms with E-state index in [0.717, 1.165) is 0 Å². The number of nitrogens with zero attached hydrogens (tertiary/aromatic N) is 3. The second kappa shape index (κ2) is 10.0. The van der Waals surface area contributed by atoms with Gasteiger partial charge in [-0.05, 0) is 18.2 Å². The highest BCUT2D eigenvalue weighted by molar-refractivity contribution is 4.88. The molecule has 1 N–H and O–H groups in total. The van der Waals surface area contributed by atoms with Gasteiger partial charge >= 0.3 is 0 Å². The van der Waals surface area contributed by atoms with Crippen LogP contribution in [-0.2, 0) is 0 Å². The number of hydrogen-bond donors (Lipinski definition) is 1. The van der Waals surface area contributed by atoms with Crippen molar-refractivity contribution >= 4 is 0 Å². The summed E-state index contributed by atoms with van der Waals surface area (Å²) in [7, 11) is 0. The highest BCUT2D eigenvalue weighted by Gasteiger charge is 1.59. The van der Waals surface area contributed by atoms with Crippen LogP contribution in [0.5, 0.6) is 0 Å². The first-order valence-electron chi connectivity index (χ1n) is 5.13. The maximum absolute atomic E-state index is 4.02. The number of hydrogen-bond acceptors (Lipinski definition) is 3. The highest BCUT2D eigenvalue weighted by Crippen LogP contribution is 1.73. The molecule has 1 aromatic rings. The molecule has 0 aromatic carbocycles. The number of rotatable bonds is 0. The molecule has 0 aliphatic rings. The van der Waals surface area contributed by atoms with Crippen LogP contribution in [0.25, 0.3) is 0 Å². The number of nitrogens with one attached hydrogen (secondary N) is 1. The summed E-state index contributed by atoms with van der Waals surface area (Å²) in [6, 6.07) is 9.24. The van der Waals surface area contributed by atoms with Crippen molar-refractivity contribution < 1.29 is 0 Å². The molecule has 0 spiro atoms. The van der Waals surface area contributed by atoms with Crippen molar-refractivity contribution in [3.63, 3.8) is 0 Å². The molecule has 1 heterocycles. The van der Waals surface area contributed by atoms with E-state index in [4.69, 9.17) is 0 Å². The average Bonchev–Trinajstić information content (AvgIpc) is 2.35. The number of H-pyrrole nitrogens is 1. The first-order chi connectivity index (χ1) is 8.50. The number of aromatic nitrogens is 4. The minimum absolute atomic E-state index is 1.60. The topological polar surface area (TPSA) is 54.5 Å². The Hall–Kier alpha value is -2.49. The van der Waals surface area contributed by atoms with Gasteiger partial charge in [-0.2, -0.15) is 0 Å². The van der Waals surface area contributed by atoms with E-state index in [2.05, 4.69) is 19.9 Å². The summed E-state index contributed by atoms with van der Waals surface area (Å²) < 4.78 is 0. The Labute approximate surface area is 100 Å². The fourth-order valence-electron chi connectivity index (χ4n) is 0.844. The van der Waals surface area contributed by atoms with Crippen LogP contribution >= 0.6 is 0 Å². The normalized spacial score (nSPS) is 8.00. The average molecular weight is 226 g/mol. The molecule has 0 radical (unpaired) electrons. The Balaban J connectivity index is 3.01. The quantitative estimate of drug-likeness (QED) is 0.739. The van der Waals surface area contributed by atoms with E-state index >= 15 is 0 Å². The Morgan fingerprint density at radius 3 is 2.00 bits per heavy atom. The lowest BCUT2D eigenvalue weighted by molar-refractivity contribution is 1.24. The van der Waals surface area contributed by atoms with Crippen molar-refractivity contribution in [3.05, 3.63) is 79.9 Å². The van der Waals surface area contributed by atoms with Crippen LogP contribution < -0.4 is 0 Å². The van der Waals surface area contributed by atoms with E-state index in [9.17, 15) is 0 Å². The standard InChI is InChI=1S/C13H14N4/c1-2-4-7-15-10-12-17-13-11-16-9-5-8-14-6-3-1/h1-13,15H. The van der Waals surface area contributed by atoms with Gasteiger partial charge in [0.25, 0.3) is 0 Å². The smallest absolute Gasteiger partial charge is 0.0451 e. The molecule has 0 bridgehead atoms. The first-order valence-corrected chi connectivity index (χ1v) is 5.13. The van der Waals surface area contributed by atoms with E-state index in [0.29, 0.717) is 0 Å². The predicted octanol–water partition coefficient (Wildman–Crippen LogP) is 2.57. The van der Waals surface area contributed by atoms with Crippen LogP contribution in [0.3, 0.4) is 0 Å². The lowest BCUT2D eigenvalue weighted by atomic mass is 10.5. The Morgan fingerprint density at radius 2 is 1.12 bits per heavy atom. The maximum atomic E-state index is 4.02. The third-order valence-corrected chi connectivity index (χ3v) is 1.54. The van der Waals surface area contributed by atoms with Gasteiger partial charge in [-0.15, -0.1) is 0 Å². The summed E-state index contributed by atoms with van der Waals surface area (Å²) in [6.07, 6.45) is 13.4. The van der Waals surface area contributed by atoms with Crippen molar-refractivity contribution in [2.24, 2.45) is 0 Å². The molecule has 1 aromatic heterocycles. The molecular formula is C13H14N4. The summed E-state index contributed by atoms with van der Waals surface area (Å²) in [5.74, 6) is 0.